The molecular formula is C15H21ClFNO. The van der Waals surface area contributed by atoms with Crippen molar-refractivity contribution >= 4 is 11.6 Å². The van der Waals surface area contributed by atoms with E-state index in [1.54, 1.807) is 19.1 Å². The van der Waals surface area contributed by atoms with Crippen LogP contribution in [0.5, 0.6) is 0 Å². The molecule has 0 bridgehead atoms. The third kappa shape index (κ3) is 4.44. The summed E-state index contributed by atoms with van der Waals surface area (Å²) in [6.07, 6.45) is 4.44. The molecule has 2 unspecified atom stereocenters. The number of rotatable bonds is 4. The van der Waals surface area contributed by atoms with Gasteiger partial charge in [0.1, 0.15) is 5.82 Å². The van der Waals surface area contributed by atoms with Crippen molar-refractivity contribution in [3.8, 4) is 0 Å². The number of halogens is 2. The molecule has 4 heteroatoms. The number of hydrogen-bond donors (Lipinski definition) is 2. The van der Waals surface area contributed by atoms with E-state index in [1.165, 1.54) is 18.9 Å². The van der Waals surface area contributed by atoms with E-state index < -0.39 is 5.60 Å². The first-order chi connectivity index (χ1) is 8.96. The third-order valence-electron chi connectivity index (χ3n) is 3.68. The van der Waals surface area contributed by atoms with Gasteiger partial charge in [-0.3, -0.25) is 0 Å². The summed E-state index contributed by atoms with van der Waals surface area (Å²) in [5, 5.41) is 14.3. The van der Waals surface area contributed by atoms with E-state index in [2.05, 4.69) is 5.32 Å². The number of piperidine rings is 1. The van der Waals surface area contributed by atoms with Gasteiger partial charge in [-0.2, -0.15) is 0 Å². The molecule has 1 aromatic carbocycles. The number of benzene rings is 1. The van der Waals surface area contributed by atoms with E-state index in [9.17, 15) is 9.50 Å². The van der Waals surface area contributed by atoms with E-state index in [4.69, 9.17) is 11.6 Å². The van der Waals surface area contributed by atoms with Crippen LogP contribution in [-0.4, -0.2) is 23.3 Å². The molecule has 1 aromatic rings. The lowest BCUT2D eigenvalue weighted by molar-refractivity contribution is 0.0363. The van der Waals surface area contributed by atoms with Gasteiger partial charge >= 0.3 is 0 Å². The second-order valence-corrected chi connectivity index (χ2v) is 6.20. The average molecular weight is 286 g/mol. The molecule has 1 aliphatic rings. The zero-order chi connectivity index (χ0) is 13.9. The van der Waals surface area contributed by atoms with Crippen molar-refractivity contribution < 1.29 is 9.50 Å². The predicted molar refractivity (Wildman–Crippen MR) is 76.0 cm³/mol. The molecule has 1 fully saturated rings. The van der Waals surface area contributed by atoms with Gasteiger partial charge in [-0.05, 0) is 50.4 Å². The van der Waals surface area contributed by atoms with Gasteiger partial charge < -0.3 is 10.4 Å². The summed E-state index contributed by atoms with van der Waals surface area (Å²) in [7, 11) is 0. The highest BCUT2D eigenvalue weighted by atomic mass is 35.5. The van der Waals surface area contributed by atoms with Crippen molar-refractivity contribution in [2.75, 3.05) is 6.54 Å². The van der Waals surface area contributed by atoms with Gasteiger partial charge in [-0.1, -0.05) is 24.1 Å². The van der Waals surface area contributed by atoms with Crippen molar-refractivity contribution in [2.45, 2.75) is 50.7 Å². The van der Waals surface area contributed by atoms with Gasteiger partial charge in [0.05, 0.1) is 5.60 Å². The Morgan fingerprint density at radius 3 is 2.89 bits per heavy atom. The maximum absolute atomic E-state index is 13.7. The normalized spacial score (nSPS) is 23.1. The standard InChI is InChI=1S/C15H21ClFNO/c1-15(19,10-13-4-2-3-7-18-13)9-11-5-6-12(16)8-14(11)17/h5-6,8,13,18-19H,2-4,7,9-10H2,1H3. The molecule has 106 valence electrons. The quantitative estimate of drug-likeness (QED) is 0.890. The van der Waals surface area contributed by atoms with E-state index >= 15 is 0 Å². The van der Waals surface area contributed by atoms with Crippen LogP contribution in [0.15, 0.2) is 18.2 Å². The molecule has 0 amide bonds. The molecule has 2 atom stereocenters. The van der Waals surface area contributed by atoms with Gasteiger partial charge in [0, 0.05) is 17.5 Å². The number of hydrogen-bond acceptors (Lipinski definition) is 2. The van der Waals surface area contributed by atoms with Crippen molar-refractivity contribution in [2.24, 2.45) is 0 Å². The Hall–Kier alpha value is -0.640. The summed E-state index contributed by atoms with van der Waals surface area (Å²) >= 11 is 5.73. The fourth-order valence-electron chi connectivity index (χ4n) is 2.78. The molecule has 19 heavy (non-hydrogen) atoms. The molecule has 0 radical (unpaired) electrons. The Morgan fingerprint density at radius 2 is 2.26 bits per heavy atom. The Labute approximate surface area is 119 Å². The highest BCUT2D eigenvalue weighted by Crippen LogP contribution is 2.25. The van der Waals surface area contributed by atoms with Crippen LogP contribution in [0.1, 0.15) is 38.2 Å². The lowest BCUT2D eigenvalue weighted by Crippen LogP contribution is -2.42. The van der Waals surface area contributed by atoms with Crippen LogP contribution in [0.2, 0.25) is 5.02 Å². The summed E-state index contributed by atoms with van der Waals surface area (Å²) in [6, 6.07) is 4.94. The van der Waals surface area contributed by atoms with Crippen molar-refractivity contribution in [1.29, 1.82) is 0 Å². The van der Waals surface area contributed by atoms with Crippen LogP contribution in [0.25, 0.3) is 0 Å². The summed E-state index contributed by atoms with van der Waals surface area (Å²) < 4.78 is 13.7. The molecule has 0 spiro atoms. The Kier molecular flexibility index (Phi) is 4.82. The van der Waals surface area contributed by atoms with Gasteiger partial charge in [0.25, 0.3) is 0 Å². The lowest BCUT2D eigenvalue weighted by Gasteiger charge is -2.31. The van der Waals surface area contributed by atoms with Crippen molar-refractivity contribution in [3.05, 3.63) is 34.6 Å². The van der Waals surface area contributed by atoms with Gasteiger partial charge in [0.2, 0.25) is 0 Å². The van der Waals surface area contributed by atoms with Crippen LogP contribution >= 0.6 is 11.6 Å². The Balaban J connectivity index is 1.99. The first kappa shape index (κ1) is 14.8. The van der Waals surface area contributed by atoms with Crippen LogP contribution < -0.4 is 5.32 Å². The summed E-state index contributed by atoms with van der Waals surface area (Å²) in [5.41, 5.74) is -0.380. The highest BCUT2D eigenvalue weighted by molar-refractivity contribution is 6.30. The minimum absolute atomic E-state index is 0.314. The van der Waals surface area contributed by atoms with Crippen LogP contribution in [0, 0.1) is 5.82 Å². The largest absolute Gasteiger partial charge is 0.390 e. The van der Waals surface area contributed by atoms with Crippen molar-refractivity contribution in [3.63, 3.8) is 0 Å². The molecule has 0 aromatic heterocycles. The van der Waals surface area contributed by atoms with E-state index in [1.807, 2.05) is 0 Å². The first-order valence-corrected chi connectivity index (χ1v) is 7.24. The highest BCUT2D eigenvalue weighted by Gasteiger charge is 2.27. The fraction of sp³-hybridized carbons (Fsp3) is 0.600. The molecule has 2 N–H and O–H groups in total. The third-order valence-corrected chi connectivity index (χ3v) is 3.92. The van der Waals surface area contributed by atoms with Gasteiger partial charge in [-0.15, -0.1) is 0 Å². The van der Waals surface area contributed by atoms with E-state index in [0.717, 1.165) is 13.0 Å². The summed E-state index contributed by atoms with van der Waals surface area (Å²) in [6.45, 7) is 2.79. The minimum Gasteiger partial charge on any atom is -0.390 e. The lowest BCUT2D eigenvalue weighted by atomic mass is 9.87. The summed E-state index contributed by atoms with van der Waals surface area (Å²) in [4.78, 5) is 0. The molecule has 1 saturated heterocycles. The maximum atomic E-state index is 13.7. The average Bonchev–Trinajstić information content (AvgIpc) is 2.33. The van der Waals surface area contributed by atoms with E-state index in [0.29, 0.717) is 29.5 Å². The monoisotopic (exact) mass is 285 g/mol. The second kappa shape index (κ2) is 6.21. The second-order valence-electron chi connectivity index (χ2n) is 5.76. The SMILES string of the molecule is CC(O)(Cc1ccc(Cl)cc1F)CC1CCCCN1. The molecule has 1 heterocycles. The zero-order valence-corrected chi connectivity index (χ0v) is 12.0. The molecule has 2 nitrogen and oxygen atoms in total. The smallest absolute Gasteiger partial charge is 0.127 e. The van der Waals surface area contributed by atoms with Crippen LogP contribution in [-0.2, 0) is 6.42 Å². The van der Waals surface area contributed by atoms with E-state index in [-0.39, 0.29) is 5.82 Å². The molecule has 1 aliphatic heterocycles. The maximum Gasteiger partial charge on any atom is 0.127 e. The number of aliphatic hydroxyl groups is 1. The molecular weight excluding hydrogens is 265 g/mol. The Bertz CT molecular complexity index is 430. The summed E-state index contributed by atoms with van der Waals surface area (Å²) in [5.74, 6) is -0.343. The van der Waals surface area contributed by atoms with Crippen molar-refractivity contribution in [1.82, 2.24) is 5.32 Å². The van der Waals surface area contributed by atoms with Crippen LogP contribution in [0.3, 0.4) is 0 Å². The molecule has 2 rings (SSSR count). The molecule has 0 aliphatic carbocycles. The zero-order valence-electron chi connectivity index (χ0n) is 11.3. The fourth-order valence-corrected chi connectivity index (χ4v) is 2.94. The predicted octanol–water partition coefficient (Wildman–Crippen LogP) is 3.30. The topological polar surface area (TPSA) is 32.3 Å². The Morgan fingerprint density at radius 1 is 1.47 bits per heavy atom. The van der Waals surface area contributed by atoms with Crippen LogP contribution in [0.4, 0.5) is 4.39 Å². The van der Waals surface area contributed by atoms with Gasteiger partial charge in [0.15, 0.2) is 0 Å². The molecule has 0 saturated carbocycles. The first-order valence-electron chi connectivity index (χ1n) is 6.86. The van der Waals surface area contributed by atoms with Gasteiger partial charge in [-0.25, -0.2) is 4.39 Å². The number of nitrogens with one attached hydrogen (secondary N) is 1. The minimum atomic E-state index is -0.899.